The number of nitrogens with zero attached hydrogens (tertiary/aromatic N) is 2. The summed E-state index contributed by atoms with van der Waals surface area (Å²) in [6.07, 6.45) is 3.31. The van der Waals surface area contributed by atoms with E-state index in [0.717, 1.165) is 48.3 Å². The van der Waals surface area contributed by atoms with E-state index in [-0.39, 0.29) is 30.9 Å². The molecule has 2 heterocycles. The largest absolute Gasteiger partial charge is 0.457 e. The highest BCUT2D eigenvalue weighted by Gasteiger charge is 2.44. The maximum Gasteiger partial charge on any atom is 0.410 e. The van der Waals surface area contributed by atoms with E-state index >= 15 is 0 Å². The number of nitrogens with one attached hydrogen (secondary N) is 1. The third-order valence-electron chi connectivity index (χ3n) is 9.47. The average molecular weight is 664 g/mol. The second-order valence-electron chi connectivity index (χ2n) is 15.2. The third kappa shape index (κ3) is 9.10. The van der Waals surface area contributed by atoms with Crippen molar-refractivity contribution in [1.29, 1.82) is 0 Å². The van der Waals surface area contributed by atoms with Crippen molar-refractivity contribution in [1.82, 2.24) is 15.1 Å². The summed E-state index contributed by atoms with van der Waals surface area (Å²) in [6.45, 7) is 15.9. The van der Waals surface area contributed by atoms with Gasteiger partial charge in [-0.2, -0.15) is 0 Å². The zero-order valence-corrected chi connectivity index (χ0v) is 30.3. The smallest absolute Gasteiger partial charge is 0.410 e. The minimum Gasteiger partial charge on any atom is -0.457 e. The number of fused-ring (bicyclic) bond motifs is 2. The predicted octanol–water partition coefficient (Wildman–Crippen LogP) is 7.17. The number of benzene rings is 2. The zero-order valence-electron chi connectivity index (χ0n) is 30.3. The van der Waals surface area contributed by atoms with Crippen LogP contribution in [0.2, 0.25) is 0 Å². The Bertz CT molecular complexity index is 1350. The normalized spacial score (nSPS) is 18.5. The van der Waals surface area contributed by atoms with Crippen molar-refractivity contribution in [2.75, 3.05) is 39.9 Å². The molecule has 48 heavy (non-hydrogen) atoms. The van der Waals surface area contributed by atoms with Gasteiger partial charge in [0.15, 0.2) is 0 Å². The minimum atomic E-state index is -0.702. The lowest BCUT2D eigenvalue weighted by Gasteiger charge is -2.42. The Morgan fingerprint density at radius 2 is 1.56 bits per heavy atom. The quantitative estimate of drug-likeness (QED) is 0.228. The number of piperidine rings is 1. The Kier molecular flexibility index (Phi) is 12.6. The van der Waals surface area contributed by atoms with Gasteiger partial charge in [0.2, 0.25) is 11.8 Å². The van der Waals surface area contributed by atoms with Crippen LogP contribution in [0.5, 0.6) is 11.5 Å². The van der Waals surface area contributed by atoms with Crippen LogP contribution in [0, 0.1) is 17.8 Å². The van der Waals surface area contributed by atoms with Crippen molar-refractivity contribution in [3.63, 3.8) is 0 Å². The fourth-order valence-electron chi connectivity index (χ4n) is 6.97. The second-order valence-corrected chi connectivity index (χ2v) is 15.2. The third-order valence-corrected chi connectivity index (χ3v) is 9.47. The van der Waals surface area contributed by atoms with Gasteiger partial charge >= 0.3 is 6.09 Å². The van der Waals surface area contributed by atoms with E-state index in [1.54, 1.807) is 12.0 Å². The molecular formula is C39H57N3O6. The van der Waals surface area contributed by atoms with Crippen molar-refractivity contribution < 1.29 is 28.6 Å². The Balaban J connectivity index is 1.63. The molecule has 2 aromatic carbocycles. The van der Waals surface area contributed by atoms with Crippen LogP contribution in [-0.4, -0.2) is 79.2 Å². The summed E-state index contributed by atoms with van der Waals surface area (Å²) in [5.41, 5.74) is 0.832. The van der Waals surface area contributed by atoms with Crippen LogP contribution in [0.1, 0.15) is 91.7 Å². The number of carbonyl (C=O) groups is 3. The number of amides is 3. The van der Waals surface area contributed by atoms with Gasteiger partial charge in [0, 0.05) is 62.5 Å². The molecule has 1 fully saturated rings. The molecule has 0 spiro atoms. The van der Waals surface area contributed by atoms with Crippen LogP contribution < -0.4 is 10.1 Å². The Labute approximate surface area is 287 Å². The maximum absolute atomic E-state index is 14.3. The molecule has 9 nitrogen and oxygen atoms in total. The number of para-hydroxylation sites is 2. The lowest BCUT2D eigenvalue weighted by Crippen LogP contribution is -2.55. The number of unbranched alkanes of at least 4 members (excludes halogenated alkanes) is 1. The van der Waals surface area contributed by atoms with Gasteiger partial charge in [-0.15, -0.1) is 0 Å². The summed E-state index contributed by atoms with van der Waals surface area (Å²) >= 11 is 0. The van der Waals surface area contributed by atoms with Crippen LogP contribution in [-0.2, 0) is 24.5 Å². The van der Waals surface area contributed by atoms with Crippen molar-refractivity contribution in [3.05, 3.63) is 59.7 Å². The molecule has 3 amide bonds. The summed E-state index contributed by atoms with van der Waals surface area (Å²) < 4.78 is 17.4. The molecular weight excluding hydrogens is 606 g/mol. The molecule has 0 saturated carbocycles. The van der Waals surface area contributed by atoms with E-state index in [1.807, 2.05) is 75.9 Å². The molecule has 9 heteroatoms. The molecule has 0 aliphatic carbocycles. The average Bonchev–Trinajstić information content (AvgIpc) is 3.04. The minimum absolute atomic E-state index is 0.00653. The summed E-state index contributed by atoms with van der Waals surface area (Å²) in [4.78, 5) is 45.2. The van der Waals surface area contributed by atoms with Crippen molar-refractivity contribution in [2.24, 2.45) is 17.8 Å². The van der Waals surface area contributed by atoms with Crippen LogP contribution in [0.15, 0.2) is 48.5 Å². The van der Waals surface area contributed by atoms with E-state index in [2.05, 4.69) is 31.3 Å². The van der Waals surface area contributed by atoms with E-state index in [4.69, 9.17) is 14.2 Å². The van der Waals surface area contributed by atoms with Crippen LogP contribution in [0.4, 0.5) is 4.79 Å². The predicted molar refractivity (Wildman–Crippen MR) is 188 cm³/mol. The number of ether oxygens (including phenoxy) is 3. The molecule has 2 unspecified atom stereocenters. The van der Waals surface area contributed by atoms with Gasteiger partial charge in [-0.25, -0.2) is 4.79 Å². The number of rotatable bonds is 13. The van der Waals surface area contributed by atoms with Crippen molar-refractivity contribution in [2.45, 2.75) is 97.6 Å². The SMILES string of the molecule is COCCCCC1(CNC(=O)C2CC(C(=O)N(CCC(C)C)C(C)C)CN(C(=O)OC(C)(C)C)C2)c2ccccc2Oc2ccccc21. The Morgan fingerprint density at radius 1 is 0.958 bits per heavy atom. The number of likely N-dealkylation sites (tertiary alicyclic amines) is 1. The Hall–Kier alpha value is -3.59. The first-order chi connectivity index (χ1) is 22.8. The number of hydrogen-bond acceptors (Lipinski definition) is 6. The van der Waals surface area contributed by atoms with Crippen LogP contribution in [0.25, 0.3) is 0 Å². The van der Waals surface area contributed by atoms with Crippen LogP contribution in [0.3, 0.4) is 0 Å². The fraction of sp³-hybridized carbons (Fsp3) is 0.615. The van der Waals surface area contributed by atoms with Gasteiger partial charge in [0.25, 0.3) is 0 Å². The van der Waals surface area contributed by atoms with E-state index in [1.165, 1.54) is 0 Å². The zero-order chi connectivity index (χ0) is 35.1. The lowest BCUT2D eigenvalue weighted by atomic mass is 9.69. The van der Waals surface area contributed by atoms with Crippen LogP contribution >= 0.6 is 0 Å². The van der Waals surface area contributed by atoms with Gasteiger partial charge in [0.05, 0.1) is 11.8 Å². The van der Waals surface area contributed by atoms with E-state index in [9.17, 15) is 14.4 Å². The van der Waals surface area contributed by atoms with Gasteiger partial charge < -0.3 is 29.3 Å². The van der Waals surface area contributed by atoms with Crippen molar-refractivity contribution in [3.8, 4) is 11.5 Å². The van der Waals surface area contributed by atoms with Crippen molar-refractivity contribution >= 4 is 17.9 Å². The topological polar surface area (TPSA) is 97.4 Å². The maximum atomic E-state index is 14.3. The van der Waals surface area contributed by atoms with Gasteiger partial charge in [-0.05, 0) is 84.8 Å². The Morgan fingerprint density at radius 3 is 2.12 bits per heavy atom. The molecule has 0 aromatic heterocycles. The first kappa shape index (κ1) is 37.2. The molecule has 0 bridgehead atoms. The summed E-state index contributed by atoms with van der Waals surface area (Å²) in [5, 5.41) is 3.32. The highest BCUT2D eigenvalue weighted by molar-refractivity contribution is 5.84. The van der Waals surface area contributed by atoms with E-state index < -0.39 is 28.9 Å². The van der Waals surface area contributed by atoms with Gasteiger partial charge in [-0.1, -0.05) is 50.2 Å². The molecule has 4 rings (SSSR count). The van der Waals surface area contributed by atoms with E-state index in [0.29, 0.717) is 32.0 Å². The molecule has 1 saturated heterocycles. The highest BCUT2D eigenvalue weighted by atomic mass is 16.6. The summed E-state index contributed by atoms with van der Waals surface area (Å²) in [6, 6.07) is 16.1. The number of carbonyl (C=O) groups excluding carboxylic acids is 3. The monoisotopic (exact) mass is 663 g/mol. The lowest BCUT2D eigenvalue weighted by molar-refractivity contribution is -0.141. The highest BCUT2D eigenvalue weighted by Crippen LogP contribution is 2.50. The number of hydrogen-bond donors (Lipinski definition) is 1. The molecule has 2 aliphatic rings. The first-order valence-electron chi connectivity index (χ1n) is 17.7. The first-order valence-corrected chi connectivity index (χ1v) is 17.7. The molecule has 264 valence electrons. The number of methoxy groups -OCH3 is 1. The fourth-order valence-corrected chi connectivity index (χ4v) is 6.97. The van der Waals surface area contributed by atoms with Gasteiger partial charge in [0.1, 0.15) is 17.1 Å². The summed E-state index contributed by atoms with van der Waals surface area (Å²) in [7, 11) is 1.71. The van der Waals surface area contributed by atoms with Gasteiger partial charge in [-0.3, -0.25) is 9.59 Å². The standard InChI is InChI=1S/C39H57N3O6/c1-27(2)19-21-42(28(3)4)36(44)30-23-29(24-41(25-30)37(45)48-38(5,6)7)35(43)40-26-39(20-13-14-22-46-8)31-15-9-11-17-33(31)47-34-18-12-10-16-32(34)39/h9-12,15-18,27-30H,13-14,19-26H2,1-8H3,(H,40,43). The summed E-state index contributed by atoms with van der Waals surface area (Å²) in [5.74, 6) is 0.748. The molecule has 1 N–H and O–H groups in total. The molecule has 2 aromatic rings. The molecule has 0 radical (unpaired) electrons. The molecule has 2 aliphatic heterocycles. The molecule has 2 atom stereocenters. The second kappa shape index (κ2) is 16.2.